The molecule has 386 valence electrons. The number of anilines is 3. The zero-order chi connectivity index (χ0) is 50.3. The van der Waals surface area contributed by atoms with Gasteiger partial charge in [-0.2, -0.15) is 0 Å². The van der Waals surface area contributed by atoms with Crippen LogP contribution in [0, 0.1) is 11.3 Å². The maximum absolute atomic E-state index is 15.3. The first-order chi connectivity index (χ1) is 35.2. The Morgan fingerprint density at radius 3 is 2.27 bits per heavy atom. The zero-order valence-corrected chi connectivity index (χ0v) is 42.7. The summed E-state index contributed by atoms with van der Waals surface area (Å²) in [7, 11) is 0. The average molecular weight is 996 g/mol. The van der Waals surface area contributed by atoms with E-state index in [0.29, 0.717) is 110 Å². The molecule has 2 aliphatic carbocycles. The smallest absolute Gasteiger partial charge is 0.238 e. The van der Waals surface area contributed by atoms with Crippen molar-refractivity contribution in [1.82, 2.24) is 39.5 Å². The van der Waals surface area contributed by atoms with E-state index in [9.17, 15) is 23.6 Å². The minimum Gasteiger partial charge on any atom is -0.366 e. The van der Waals surface area contributed by atoms with Gasteiger partial charge in [-0.05, 0) is 133 Å². The second kappa shape index (κ2) is 18.8. The van der Waals surface area contributed by atoms with Gasteiger partial charge in [0.15, 0.2) is 5.82 Å². The van der Waals surface area contributed by atoms with Gasteiger partial charge in [-0.1, -0.05) is 25.1 Å². The highest BCUT2D eigenvalue weighted by molar-refractivity contribution is 6.09. The van der Waals surface area contributed by atoms with E-state index in [-0.39, 0.29) is 59.5 Å². The first kappa shape index (κ1) is 48.0. The Hall–Kier alpha value is -5.97. The molecule has 5 saturated heterocycles. The molecule has 4 aromatic rings. The molecule has 0 bridgehead atoms. The largest absolute Gasteiger partial charge is 0.366 e. The summed E-state index contributed by atoms with van der Waals surface area (Å²) in [6.45, 7) is 11.2. The van der Waals surface area contributed by atoms with Crippen LogP contribution in [-0.2, 0) is 29.4 Å². The minimum atomic E-state index is -0.796. The molecule has 7 fully saturated rings. The first-order valence-corrected chi connectivity index (χ1v) is 27.4. The van der Waals surface area contributed by atoms with Gasteiger partial charge >= 0.3 is 0 Å². The number of carbonyl (C=O) groups is 5. The highest BCUT2D eigenvalue weighted by Crippen LogP contribution is 2.53. The third-order valence-electron chi connectivity index (χ3n) is 18.3. The second-order valence-corrected chi connectivity index (χ2v) is 23.3. The molecular weight excluding hydrogens is 926 g/mol. The number of hydrogen-bond donors (Lipinski definition) is 2. The van der Waals surface area contributed by atoms with Gasteiger partial charge in [0.25, 0.3) is 0 Å². The van der Waals surface area contributed by atoms with Crippen molar-refractivity contribution >= 4 is 57.9 Å². The van der Waals surface area contributed by atoms with Crippen molar-refractivity contribution < 1.29 is 28.4 Å². The molecule has 1 unspecified atom stereocenters. The van der Waals surface area contributed by atoms with Crippen LogP contribution in [0.5, 0.6) is 0 Å². The molecule has 2 N–H and O–H groups in total. The number of nitrogens with one attached hydrogen (secondary N) is 2. The molecule has 8 aliphatic rings. The highest BCUT2D eigenvalue weighted by Gasteiger charge is 2.57. The molecule has 2 saturated carbocycles. The third-order valence-corrected chi connectivity index (χ3v) is 18.3. The van der Waals surface area contributed by atoms with E-state index in [1.807, 2.05) is 28.3 Å². The fourth-order valence-corrected chi connectivity index (χ4v) is 13.4. The molecular formula is C56H70FN11O5. The number of aromatic nitrogens is 4. The maximum Gasteiger partial charge on any atom is 0.238 e. The lowest BCUT2D eigenvalue weighted by Crippen LogP contribution is -2.59. The van der Waals surface area contributed by atoms with Crippen molar-refractivity contribution in [2.45, 2.75) is 152 Å². The van der Waals surface area contributed by atoms with Crippen molar-refractivity contribution in [2.24, 2.45) is 11.3 Å². The normalized spacial score (nSPS) is 26.6. The Morgan fingerprint density at radius 1 is 0.836 bits per heavy atom. The number of hydrogen-bond acceptors (Lipinski definition) is 11. The van der Waals surface area contributed by atoms with Crippen LogP contribution in [-0.4, -0.2) is 140 Å². The molecule has 1 aromatic carbocycles. The maximum atomic E-state index is 15.3. The van der Waals surface area contributed by atoms with E-state index in [1.165, 1.54) is 0 Å². The van der Waals surface area contributed by atoms with Gasteiger partial charge in [-0.3, -0.25) is 34.2 Å². The van der Waals surface area contributed by atoms with Crippen LogP contribution in [0.1, 0.15) is 134 Å². The van der Waals surface area contributed by atoms with Crippen molar-refractivity contribution in [3.63, 3.8) is 0 Å². The van der Waals surface area contributed by atoms with Crippen molar-refractivity contribution in [1.29, 1.82) is 0 Å². The zero-order valence-electron chi connectivity index (χ0n) is 42.7. The molecule has 12 rings (SSSR count). The van der Waals surface area contributed by atoms with Gasteiger partial charge in [-0.25, -0.2) is 19.3 Å². The van der Waals surface area contributed by atoms with Crippen LogP contribution in [0.25, 0.3) is 22.3 Å². The molecule has 1 spiro atoms. The van der Waals surface area contributed by atoms with Gasteiger partial charge in [-0.15, -0.1) is 0 Å². The summed E-state index contributed by atoms with van der Waals surface area (Å²) < 4.78 is 16.8. The van der Waals surface area contributed by atoms with E-state index in [0.717, 1.165) is 89.4 Å². The fraction of sp³-hybridized carbons (Fsp3) is 0.607. The molecule has 73 heavy (non-hydrogen) atoms. The van der Waals surface area contributed by atoms with Gasteiger partial charge in [0.2, 0.25) is 29.5 Å². The van der Waals surface area contributed by atoms with Crippen LogP contribution in [0.15, 0.2) is 48.9 Å². The molecule has 17 heteroatoms. The average Bonchev–Trinajstić information content (AvgIpc) is 4.05. The first-order valence-electron chi connectivity index (χ1n) is 27.4. The number of halogens is 1. The number of pyridine rings is 2. The molecule has 9 heterocycles. The van der Waals surface area contributed by atoms with E-state index in [2.05, 4.69) is 79.9 Å². The Labute approximate surface area is 426 Å². The summed E-state index contributed by atoms with van der Waals surface area (Å²) in [5.41, 5.74) is 5.05. The Balaban J connectivity index is 0.708. The van der Waals surface area contributed by atoms with Gasteiger partial charge in [0, 0.05) is 105 Å². The Kier molecular flexibility index (Phi) is 12.3. The fourth-order valence-electron chi connectivity index (χ4n) is 13.4. The van der Waals surface area contributed by atoms with Crippen LogP contribution in [0.2, 0.25) is 0 Å². The number of benzene rings is 1. The molecule has 2 atom stereocenters. The van der Waals surface area contributed by atoms with Gasteiger partial charge < -0.3 is 29.5 Å². The van der Waals surface area contributed by atoms with Gasteiger partial charge in [0.1, 0.15) is 17.5 Å². The van der Waals surface area contributed by atoms with Crippen LogP contribution in [0.3, 0.4) is 0 Å². The standard InChI is InChI=1S/C56H70FN11O5/c1-34(2)67-33-59-45-30-44(61-50(49(45)67)60-39-8-9-39)36-6-11-43-46(27-36)68(41-28-40(29-41)66-20-4-5-38(57)32-66)54(73)56(43)18-25-65(26-19-56)53(72)55(3)16-23-64(24-17-55)52(71)35-14-21-63(22-15-35)47-12-7-37(31-58-47)42-10-13-48(69)62-51(42)70/h6-7,11-12,27,30-31,33-35,38-42H,4-5,8-10,13-26,28-29,32H2,1-3H3,(H,60,61)(H,62,69,70)/t38-,40?,41?,42?/m0/s1. The number of imide groups is 1. The van der Waals surface area contributed by atoms with E-state index >= 15 is 4.79 Å². The number of likely N-dealkylation sites (tertiary alicyclic amines) is 3. The lowest BCUT2D eigenvalue weighted by Gasteiger charge is -2.49. The molecule has 5 amide bonds. The Bertz CT molecular complexity index is 2820. The lowest BCUT2D eigenvalue weighted by atomic mass is 9.72. The summed E-state index contributed by atoms with van der Waals surface area (Å²) in [4.78, 5) is 93.1. The number of alkyl halides is 1. The van der Waals surface area contributed by atoms with Crippen LogP contribution < -0.4 is 20.4 Å². The summed E-state index contributed by atoms with van der Waals surface area (Å²) in [6, 6.07) is 13.2. The molecule has 3 aromatic heterocycles. The van der Waals surface area contributed by atoms with Crippen molar-refractivity contribution in [3.05, 3.63) is 60.0 Å². The molecule has 0 radical (unpaired) electrons. The lowest BCUT2D eigenvalue weighted by molar-refractivity contribution is -0.150. The number of rotatable bonds is 10. The predicted molar refractivity (Wildman–Crippen MR) is 276 cm³/mol. The van der Waals surface area contributed by atoms with E-state index in [4.69, 9.17) is 9.97 Å². The number of nitrogens with zero attached hydrogens (tertiary/aromatic N) is 9. The number of carbonyl (C=O) groups excluding carboxylic acids is 5. The monoisotopic (exact) mass is 996 g/mol. The number of amides is 5. The third kappa shape index (κ3) is 8.74. The van der Waals surface area contributed by atoms with Crippen molar-refractivity contribution in [3.8, 4) is 11.3 Å². The Morgan fingerprint density at radius 2 is 1.59 bits per heavy atom. The summed E-state index contributed by atoms with van der Waals surface area (Å²) in [6.07, 6.45) is 12.7. The topological polar surface area (TPSA) is 169 Å². The van der Waals surface area contributed by atoms with E-state index in [1.54, 1.807) is 6.20 Å². The second-order valence-electron chi connectivity index (χ2n) is 23.3. The van der Waals surface area contributed by atoms with E-state index < -0.39 is 17.0 Å². The SMILES string of the molecule is CC(C)n1cnc2cc(-c3ccc4c(c3)N(C3CC(N5CCC[C@H](F)C5)C3)C(=O)C43CCN(C(=O)C4(C)CCN(C(=O)C5CCN(c6ccc(C7CCC(=O)NC7=O)cn6)CC5)CC4)CC3)nc(NC3CC3)c21. The number of piperidine rings is 5. The summed E-state index contributed by atoms with van der Waals surface area (Å²) in [5, 5.41) is 6.11. The minimum absolute atomic E-state index is 0.0112. The highest BCUT2D eigenvalue weighted by atomic mass is 19.1. The van der Waals surface area contributed by atoms with Crippen LogP contribution >= 0.6 is 0 Å². The summed E-state index contributed by atoms with van der Waals surface area (Å²) in [5.74, 6) is 1.08. The quantitative estimate of drug-likeness (QED) is 0.159. The van der Waals surface area contributed by atoms with Crippen LogP contribution in [0.4, 0.5) is 21.7 Å². The molecule has 16 nitrogen and oxygen atoms in total. The predicted octanol–water partition coefficient (Wildman–Crippen LogP) is 6.89. The number of fused-ring (bicyclic) bond motifs is 3. The van der Waals surface area contributed by atoms with Gasteiger partial charge in [0.05, 0.1) is 28.9 Å². The number of imidazole rings is 1. The molecule has 6 aliphatic heterocycles. The van der Waals surface area contributed by atoms with Crippen molar-refractivity contribution in [2.75, 3.05) is 67.5 Å². The summed E-state index contributed by atoms with van der Waals surface area (Å²) >= 11 is 0.